The number of benzene rings is 1. The number of carbonyl (C=O) groups is 1. The fraction of sp³-hybridized carbons (Fsp3) is 0.474. The van der Waals surface area contributed by atoms with E-state index in [9.17, 15) is 9.90 Å². The van der Waals surface area contributed by atoms with Gasteiger partial charge in [-0.2, -0.15) is 5.10 Å². The maximum absolute atomic E-state index is 12.4. The predicted octanol–water partition coefficient (Wildman–Crippen LogP) is 3.10. The number of nitrogens with one attached hydrogen (secondary N) is 1. The van der Waals surface area contributed by atoms with Gasteiger partial charge in [-0.05, 0) is 61.4 Å². The molecule has 24 heavy (non-hydrogen) atoms. The van der Waals surface area contributed by atoms with Gasteiger partial charge < -0.3 is 10.4 Å². The van der Waals surface area contributed by atoms with Gasteiger partial charge in [0.1, 0.15) is 0 Å². The topological polar surface area (TPSA) is 67.2 Å². The number of aliphatic hydroxyl groups is 1. The number of hydrogen-bond acceptors (Lipinski definition) is 3. The molecule has 1 amide bonds. The van der Waals surface area contributed by atoms with Gasteiger partial charge in [0.2, 0.25) is 0 Å². The average molecular weight is 329 g/mol. The highest BCUT2D eigenvalue weighted by atomic mass is 16.3. The van der Waals surface area contributed by atoms with Crippen LogP contribution in [0.1, 0.15) is 49.0 Å². The van der Waals surface area contributed by atoms with E-state index >= 15 is 0 Å². The van der Waals surface area contributed by atoms with Crippen molar-refractivity contribution < 1.29 is 9.90 Å². The molecular formula is C19H27N3O2. The molecule has 0 aliphatic heterocycles. The molecule has 0 aliphatic carbocycles. The van der Waals surface area contributed by atoms with Gasteiger partial charge in [-0.1, -0.05) is 13.8 Å². The molecule has 5 nitrogen and oxygen atoms in total. The Morgan fingerprint density at radius 3 is 2.42 bits per heavy atom. The molecule has 0 spiro atoms. The first-order valence-corrected chi connectivity index (χ1v) is 8.54. The fourth-order valence-electron chi connectivity index (χ4n) is 2.87. The molecule has 1 aromatic carbocycles. The zero-order valence-corrected chi connectivity index (χ0v) is 14.7. The van der Waals surface area contributed by atoms with Crippen molar-refractivity contribution in [2.45, 2.75) is 40.0 Å². The number of aromatic nitrogens is 2. The maximum atomic E-state index is 12.4. The molecule has 0 fully saturated rings. The molecule has 1 aromatic heterocycles. The molecule has 130 valence electrons. The Balaban J connectivity index is 2.02. The normalized spacial score (nSPS) is 11.5. The van der Waals surface area contributed by atoms with E-state index in [1.54, 1.807) is 10.9 Å². The van der Waals surface area contributed by atoms with Gasteiger partial charge in [-0.25, -0.2) is 4.68 Å². The lowest BCUT2D eigenvalue weighted by Crippen LogP contribution is -2.37. The van der Waals surface area contributed by atoms with Gasteiger partial charge in [-0.15, -0.1) is 0 Å². The Morgan fingerprint density at radius 1 is 1.25 bits per heavy atom. The molecule has 0 bridgehead atoms. The van der Waals surface area contributed by atoms with Crippen LogP contribution in [0.5, 0.6) is 0 Å². The lowest BCUT2D eigenvalue weighted by atomic mass is 9.79. The molecular weight excluding hydrogens is 302 g/mol. The van der Waals surface area contributed by atoms with Crippen LogP contribution in [0.4, 0.5) is 0 Å². The summed E-state index contributed by atoms with van der Waals surface area (Å²) < 4.78 is 1.79. The molecule has 2 rings (SSSR count). The summed E-state index contributed by atoms with van der Waals surface area (Å²) in [6.07, 6.45) is 6.32. The number of hydrogen-bond donors (Lipinski definition) is 2. The second-order valence-electron chi connectivity index (χ2n) is 6.37. The lowest BCUT2D eigenvalue weighted by Gasteiger charge is -2.31. The second kappa shape index (κ2) is 8.11. The van der Waals surface area contributed by atoms with E-state index in [2.05, 4.69) is 24.3 Å². The van der Waals surface area contributed by atoms with E-state index in [1.807, 2.05) is 37.4 Å². The van der Waals surface area contributed by atoms with Gasteiger partial charge in [0, 0.05) is 24.9 Å². The summed E-state index contributed by atoms with van der Waals surface area (Å²) in [7, 11) is 0. The molecule has 2 N–H and O–H groups in total. The molecule has 0 aliphatic rings. The zero-order chi connectivity index (χ0) is 17.6. The van der Waals surface area contributed by atoms with E-state index in [0.29, 0.717) is 18.5 Å². The van der Waals surface area contributed by atoms with Gasteiger partial charge in [-0.3, -0.25) is 4.79 Å². The Morgan fingerprint density at radius 2 is 1.92 bits per heavy atom. The predicted molar refractivity (Wildman–Crippen MR) is 95.4 cm³/mol. The van der Waals surface area contributed by atoms with Crippen LogP contribution in [0.15, 0.2) is 36.7 Å². The Hall–Kier alpha value is -2.14. The SMILES string of the molecule is CCC(CC)(CCO)CNC(=O)c1ccc(-n2cc(C)cn2)cc1. The van der Waals surface area contributed by atoms with Gasteiger partial charge >= 0.3 is 0 Å². The van der Waals surface area contributed by atoms with Crippen LogP contribution in [0.25, 0.3) is 5.69 Å². The Bertz CT molecular complexity index is 658. The number of carbonyl (C=O) groups excluding carboxylic acids is 1. The van der Waals surface area contributed by atoms with Crippen LogP contribution in [0.3, 0.4) is 0 Å². The monoisotopic (exact) mass is 329 g/mol. The molecule has 2 aromatic rings. The average Bonchev–Trinajstić information content (AvgIpc) is 3.05. The quantitative estimate of drug-likeness (QED) is 0.782. The first-order chi connectivity index (χ1) is 11.5. The molecule has 0 unspecified atom stereocenters. The van der Waals surface area contributed by atoms with Crippen molar-refractivity contribution >= 4 is 5.91 Å². The third-order valence-electron chi connectivity index (χ3n) is 4.87. The molecule has 0 saturated heterocycles. The Labute approximate surface area is 143 Å². The maximum Gasteiger partial charge on any atom is 0.251 e. The smallest absolute Gasteiger partial charge is 0.251 e. The van der Waals surface area contributed by atoms with Crippen molar-refractivity contribution in [2.24, 2.45) is 5.41 Å². The zero-order valence-electron chi connectivity index (χ0n) is 14.7. The summed E-state index contributed by atoms with van der Waals surface area (Å²) >= 11 is 0. The van der Waals surface area contributed by atoms with Gasteiger partial charge in [0.15, 0.2) is 0 Å². The molecule has 0 radical (unpaired) electrons. The summed E-state index contributed by atoms with van der Waals surface area (Å²) in [5.74, 6) is -0.0811. The lowest BCUT2D eigenvalue weighted by molar-refractivity contribution is 0.0907. The van der Waals surface area contributed by atoms with Crippen molar-refractivity contribution in [2.75, 3.05) is 13.2 Å². The minimum atomic E-state index is -0.0811. The summed E-state index contributed by atoms with van der Waals surface area (Å²) in [6.45, 7) is 6.93. The Kier molecular flexibility index (Phi) is 6.15. The van der Waals surface area contributed by atoms with Crippen molar-refractivity contribution in [3.63, 3.8) is 0 Å². The van der Waals surface area contributed by atoms with Gasteiger partial charge in [0.25, 0.3) is 5.91 Å². The van der Waals surface area contributed by atoms with E-state index in [0.717, 1.165) is 24.1 Å². The minimum absolute atomic E-state index is 0.0308. The van der Waals surface area contributed by atoms with Crippen molar-refractivity contribution in [1.82, 2.24) is 15.1 Å². The highest BCUT2D eigenvalue weighted by Gasteiger charge is 2.26. The van der Waals surface area contributed by atoms with E-state index in [4.69, 9.17) is 0 Å². The molecule has 5 heteroatoms. The van der Waals surface area contributed by atoms with E-state index in [1.165, 1.54) is 0 Å². The fourth-order valence-corrected chi connectivity index (χ4v) is 2.87. The van der Waals surface area contributed by atoms with Gasteiger partial charge in [0.05, 0.1) is 11.9 Å². The standard InChI is InChI=1S/C19H27N3O2/c1-4-19(5-2,10-11-23)14-20-18(24)16-6-8-17(9-7-16)22-13-15(3)12-21-22/h6-9,12-13,23H,4-5,10-11,14H2,1-3H3,(H,20,24). The van der Waals surface area contributed by atoms with Crippen LogP contribution in [-0.2, 0) is 0 Å². The second-order valence-corrected chi connectivity index (χ2v) is 6.37. The van der Waals surface area contributed by atoms with Crippen LogP contribution in [0, 0.1) is 12.3 Å². The summed E-state index contributed by atoms with van der Waals surface area (Å²) in [5.41, 5.74) is 2.62. The number of amides is 1. The van der Waals surface area contributed by atoms with Crippen LogP contribution in [-0.4, -0.2) is 33.9 Å². The highest BCUT2D eigenvalue weighted by molar-refractivity contribution is 5.94. The number of nitrogens with zero attached hydrogens (tertiary/aromatic N) is 2. The third kappa shape index (κ3) is 4.23. The minimum Gasteiger partial charge on any atom is -0.396 e. The van der Waals surface area contributed by atoms with Crippen molar-refractivity contribution in [3.8, 4) is 5.69 Å². The number of aryl methyl sites for hydroxylation is 1. The summed E-state index contributed by atoms with van der Waals surface area (Å²) in [4.78, 5) is 12.4. The van der Waals surface area contributed by atoms with Crippen molar-refractivity contribution in [1.29, 1.82) is 0 Å². The molecule has 0 saturated carbocycles. The van der Waals surface area contributed by atoms with Crippen LogP contribution in [0.2, 0.25) is 0 Å². The molecule has 0 atom stereocenters. The van der Waals surface area contributed by atoms with Crippen molar-refractivity contribution in [3.05, 3.63) is 47.8 Å². The first-order valence-electron chi connectivity index (χ1n) is 8.54. The summed E-state index contributed by atoms with van der Waals surface area (Å²) in [5, 5.41) is 16.5. The highest BCUT2D eigenvalue weighted by Crippen LogP contribution is 2.29. The van der Waals surface area contributed by atoms with E-state index < -0.39 is 0 Å². The van der Waals surface area contributed by atoms with Crippen LogP contribution >= 0.6 is 0 Å². The number of aliphatic hydroxyl groups excluding tert-OH is 1. The number of rotatable bonds is 8. The van der Waals surface area contributed by atoms with E-state index in [-0.39, 0.29) is 17.9 Å². The largest absolute Gasteiger partial charge is 0.396 e. The summed E-state index contributed by atoms with van der Waals surface area (Å²) in [6, 6.07) is 7.41. The molecule has 1 heterocycles. The third-order valence-corrected chi connectivity index (χ3v) is 4.87. The van der Waals surface area contributed by atoms with Crippen LogP contribution < -0.4 is 5.32 Å². The first kappa shape index (κ1) is 18.2.